The van der Waals surface area contributed by atoms with Crippen LogP contribution in [0.1, 0.15) is 24.7 Å². The number of hydrogen-bond acceptors (Lipinski definition) is 4. The molecule has 0 saturated heterocycles. The number of nitrogens with two attached hydrogens (primary N) is 1. The predicted octanol–water partition coefficient (Wildman–Crippen LogP) is 3.75. The van der Waals surface area contributed by atoms with E-state index in [1.54, 1.807) is 0 Å². The van der Waals surface area contributed by atoms with Gasteiger partial charge in [0.1, 0.15) is 23.5 Å². The Labute approximate surface area is 146 Å². The van der Waals surface area contributed by atoms with E-state index in [4.69, 9.17) is 15.6 Å². The molecule has 0 bridgehead atoms. The van der Waals surface area contributed by atoms with Crippen LogP contribution in [-0.4, -0.2) is 14.7 Å². The minimum atomic E-state index is 0.438. The Balaban J connectivity index is 1.88. The molecule has 5 nitrogen and oxygen atoms in total. The lowest BCUT2D eigenvalue weighted by Gasteiger charge is -2.12. The number of nitrogens with zero attached hydrogens (tertiary/aromatic N) is 3. The van der Waals surface area contributed by atoms with Crippen LogP contribution in [0.3, 0.4) is 0 Å². The van der Waals surface area contributed by atoms with E-state index in [1.165, 1.54) is 0 Å². The molecule has 0 spiro atoms. The standard InChI is InChI=1S/C20H20N4O/c1-2-8-17-23-18-19(15-11-6-7-12-16(15)22-20(18)21)24(17)25-13-14-9-4-3-5-10-14/h3-7,9-12H,2,8,13H2,1H3,(H2,21,22). The predicted molar refractivity (Wildman–Crippen MR) is 100 cm³/mol. The first-order chi connectivity index (χ1) is 12.3. The van der Waals surface area contributed by atoms with Crippen molar-refractivity contribution in [1.82, 2.24) is 14.7 Å². The minimum Gasteiger partial charge on any atom is -0.407 e. The largest absolute Gasteiger partial charge is 0.407 e. The molecule has 2 aromatic carbocycles. The summed E-state index contributed by atoms with van der Waals surface area (Å²) >= 11 is 0. The summed E-state index contributed by atoms with van der Waals surface area (Å²) in [6, 6.07) is 18.1. The number of fused-ring (bicyclic) bond motifs is 3. The fourth-order valence-electron chi connectivity index (χ4n) is 3.06. The second-order valence-electron chi connectivity index (χ2n) is 6.04. The Bertz CT molecular complexity index is 1020. The molecule has 4 rings (SSSR count). The van der Waals surface area contributed by atoms with Gasteiger partial charge in [0.2, 0.25) is 0 Å². The third-order valence-corrected chi connectivity index (χ3v) is 4.22. The first kappa shape index (κ1) is 15.4. The summed E-state index contributed by atoms with van der Waals surface area (Å²) in [5.74, 6) is 1.31. The molecule has 2 N–H and O–H groups in total. The number of hydrogen-bond donors (Lipinski definition) is 1. The fraction of sp³-hybridized carbons (Fsp3) is 0.200. The fourth-order valence-corrected chi connectivity index (χ4v) is 3.06. The highest BCUT2D eigenvalue weighted by atomic mass is 16.7. The summed E-state index contributed by atoms with van der Waals surface area (Å²) < 4.78 is 1.84. The van der Waals surface area contributed by atoms with Gasteiger partial charge in [0.25, 0.3) is 0 Å². The monoisotopic (exact) mass is 332 g/mol. The van der Waals surface area contributed by atoms with Crippen LogP contribution in [-0.2, 0) is 13.0 Å². The maximum absolute atomic E-state index is 6.17. The molecule has 0 aliphatic carbocycles. The Hall–Kier alpha value is -3.08. The van der Waals surface area contributed by atoms with Gasteiger partial charge in [0, 0.05) is 11.8 Å². The van der Waals surface area contributed by atoms with Crippen LogP contribution < -0.4 is 10.6 Å². The van der Waals surface area contributed by atoms with E-state index in [0.29, 0.717) is 17.9 Å². The van der Waals surface area contributed by atoms with Gasteiger partial charge in [0.05, 0.1) is 5.52 Å². The van der Waals surface area contributed by atoms with Crippen LogP contribution in [0.15, 0.2) is 54.6 Å². The Morgan fingerprint density at radius 2 is 1.76 bits per heavy atom. The molecule has 0 atom stereocenters. The normalized spacial score (nSPS) is 11.2. The number of rotatable bonds is 5. The second-order valence-corrected chi connectivity index (χ2v) is 6.04. The van der Waals surface area contributed by atoms with Crippen LogP contribution >= 0.6 is 0 Å². The van der Waals surface area contributed by atoms with E-state index in [2.05, 4.69) is 11.9 Å². The molecule has 0 unspecified atom stereocenters. The zero-order chi connectivity index (χ0) is 17.2. The van der Waals surface area contributed by atoms with Crippen LogP contribution in [0.2, 0.25) is 0 Å². The molecule has 4 aromatic rings. The molecule has 0 fully saturated rings. The summed E-state index contributed by atoms with van der Waals surface area (Å²) in [7, 11) is 0. The van der Waals surface area contributed by atoms with Crippen molar-refractivity contribution in [2.45, 2.75) is 26.4 Å². The van der Waals surface area contributed by atoms with Crippen molar-refractivity contribution >= 4 is 27.8 Å². The van der Waals surface area contributed by atoms with Crippen LogP contribution in [0.4, 0.5) is 5.82 Å². The maximum atomic E-state index is 6.17. The van der Waals surface area contributed by atoms with Crippen molar-refractivity contribution in [2.24, 2.45) is 0 Å². The van der Waals surface area contributed by atoms with Gasteiger partial charge in [-0.1, -0.05) is 55.5 Å². The Morgan fingerprint density at radius 3 is 2.56 bits per heavy atom. The van der Waals surface area contributed by atoms with Gasteiger partial charge in [-0.15, -0.1) is 0 Å². The number of aryl methyl sites for hydroxylation is 1. The summed E-state index contributed by atoms with van der Waals surface area (Å²) in [5, 5.41) is 0.995. The van der Waals surface area contributed by atoms with Crippen molar-refractivity contribution in [3.05, 3.63) is 66.0 Å². The third-order valence-electron chi connectivity index (χ3n) is 4.22. The number of para-hydroxylation sites is 1. The molecule has 2 aromatic heterocycles. The highest BCUT2D eigenvalue weighted by Crippen LogP contribution is 2.28. The lowest BCUT2D eigenvalue weighted by Crippen LogP contribution is -2.14. The smallest absolute Gasteiger partial charge is 0.152 e. The molecule has 0 amide bonds. The van der Waals surface area contributed by atoms with Gasteiger partial charge in [-0.3, -0.25) is 0 Å². The third kappa shape index (κ3) is 2.78. The molecule has 0 radical (unpaired) electrons. The molecule has 0 aliphatic rings. The van der Waals surface area contributed by atoms with Crippen molar-refractivity contribution in [2.75, 3.05) is 5.73 Å². The number of benzene rings is 2. The highest BCUT2D eigenvalue weighted by Gasteiger charge is 2.18. The van der Waals surface area contributed by atoms with Gasteiger partial charge in [-0.2, -0.15) is 4.73 Å². The summed E-state index contributed by atoms with van der Waals surface area (Å²) in [5.41, 5.74) is 9.72. The number of pyridine rings is 1. The summed E-state index contributed by atoms with van der Waals surface area (Å²) in [6.07, 6.45) is 1.79. The van der Waals surface area contributed by atoms with Gasteiger partial charge in [-0.25, -0.2) is 9.97 Å². The number of imidazole rings is 1. The molecule has 2 heterocycles. The van der Waals surface area contributed by atoms with E-state index in [9.17, 15) is 0 Å². The van der Waals surface area contributed by atoms with E-state index >= 15 is 0 Å². The lowest BCUT2D eigenvalue weighted by atomic mass is 10.2. The number of nitrogen functional groups attached to an aromatic ring is 1. The zero-order valence-electron chi connectivity index (χ0n) is 14.1. The second kappa shape index (κ2) is 6.43. The number of aromatic nitrogens is 3. The molecule has 126 valence electrons. The lowest BCUT2D eigenvalue weighted by molar-refractivity contribution is 0.0995. The Kier molecular flexibility index (Phi) is 3.98. The molecular formula is C20H20N4O. The van der Waals surface area contributed by atoms with Gasteiger partial charge < -0.3 is 10.6 Å². The average molecular weight is 332 g/mol. The number of anilines is 1. The SMILES string of the molecule is CCCc1nc2c(N)nc3ccccc3c2n1OCc1ccccc1. The van der Waals surface area contributed by atoms with Crippen LogP contribution in [0.25, 0.3) is 21.9 Å². The maximum Gasteiger partial charge on any atom is 0.152 e. The van der Waals surface area contributed by atoms with E-state index in [-0.39, 0.29) is 0 Å². The van der Waals surface area contributed by atoms with E-state index < -0.39 is 0 Å². The van der Waals surface area contributed by atoms with Gasteiger partial charge in [0.15, 0.2) is 5.82 Å². The van der Waals surface area contributed by atoms with Crippen molar-refractivity contribution in [3.8, 4) is 0 Å². The van der Waals surface area contributed by atoms with Crippen molar-refractivity contribution in [1.29, 1.82) is 0 Å². The topological polar surface area (TPSA) is 66.0 Å². The quantitative estimate of drug-likeness (QED) is 0.604. The molecular weight excluding hydrogens is 312 g/mol. The van der Waals surface area contributed by atoms with Gasteiger partial charge in [-0.05, 0) is 18.1 Å². The Morgan fingerprint density at radius 1 is 1.00 bits per heavy atom. The molecule has 25 heavy (non-hydrogen) atoms. The zero-order valence-corrected chi connectivity index (χ0v) is 14.1. The van der Waals surface area contributed by atoms with Crippen molar-refractivity contribution < 1.29 is 4.84 Å². The first-order valence-electron chi connectivity index (χ1n) is 8.50. The van der Waals surface area contributed by atoms with Crippen LogP contribution in [0.5, 0.6) is 0 Å². The molecule has 5 heteroatoms. The summed E-state index contributed by atoms with van der Waals surface area (Å²) in [4.78, 5) is 15.4. The molecule has 0 saturated carbocycles. The highest BCUT2D eigenvalue weighted by molar-refractivity contribution is 6.06. The summed E-state index contributed by atoms with van der Waals surface area (Å²) in [6.45, 7) is 2.60. The average Bonchev–Trinajstić information content (AvgIpc) is 3.00. The minimum absolute atomic E-state index is 0.438. The van der Waals surface area contributed by atoms with Crippen LogP contribution in [0, 0.1) is 0 Å². The van der Waals surface area contributed by atoms with Crippen molar-refractivity contribution in [3.63, 3.8) is 0 Å². The molecule has 0 aliphatic heterocycles. The first-order valence-corrected chi connectivity index (χ1v) is 8.50. The van der Waals surface area contributed by atoms with Gasteiger partial charge >= 0.3 is 0 Å². The van der Waals surface area contributed by atoms with E-state index in [0.717, 1.165) is 40.6 Å². The van der Waals surface area contributed by atoms with E-state index in [1.807, 2.05) is 59.3 Å².